The number of benzene rings is 2. The molecule has 0 amide bonds. The highest BCUT2D eigenvalue weighted by Crippen LogP contribution is 2.37. The SMILES string of the molecule is COc1ccc2[nH]c3c(C)c4cc[n+](C5OC(C)C(O)C(O)C5O)cc4c(C)c3c2c1.[Br-]. The quantitative estimate of drug-likeness (QED) is 0.274. The predicted octanol–water partition coefficient (Wildman–Crippen LogP) is -0.609. The Kier molecular flexibility index (Phi) is 5.94. The van der Waals surface area contributed by atoms with Crippen molar-refractivity contribution >= 4 is 32.6 Å². The minimum absolute atomic E-state index is 0. The second kappa shape index (κ2) is 8.28. The number of hydrogen-bond acceptors (Lipinski definition) is 5. The number of hydrogen-bond donors (Lipinski definition) is 4. The van der Waals surface area contributed by atoms with Gasteiger partial charge in [-0.2, -0.15) is 4.57 Å². The first-order valence-corrected chi connectivity index (χ1v) is 10.4. The van der Waals surface area contributed by atoms with Crippen LogP contribution in [-0.2, 0) is 4.74 Å². The maximum Gasteiger partial charge on any atom is 0.291 e. The van der Waals surface area contributed by atoms with Gasteiger partial charge in [0.15, 0.2) is 18.5 Å². The Labute approximate surface area is 196 Å². The van der Waals surface area contributed by atoms with Crippen LogP contribution in [0.4, 0.5) is 0 Å². The summed E-state index contributed by atoms with van der Waals surface area (Å²) in [5.74, 6) is 0.800. The molecule has 5 atom stereocenters. The monoisotopic (exact) mass is 502 g/mol. The molecule has 7 nitrogen and oxygen atoms in total. The van der Waals surface area contributed by atoms with Gasteiger partial charge in [-0.05, 0) is 55.5 Å². The van der Waals surface area contributed by atoms with E-state index in [0.29, 0.717) is 0 Å². The van der Waals surface area contributed by atoms with Crippen LogP contribution in [0.25, 0.3) is 32.6 Å². The van der Waals surface area contributed by atoms with Gasteiger partial charge in [0.05, 0.1) is 18.7 Å². The topological polar surface area (TPSA) is 98.8 Å². The average Bonchev–Trinajstić information content (AvgIpc) is 3.17. The summed E-state index contributed by atoms with van der Waals surface area (Å²) in [5.41, 5.74) is 4.37. The minimum atomic E-state index is -1.27. The first-order chi connectivity index (χ1) is 14.8. The standard InChI is InChI=1S/C24H26N2O5.BrH/c1-11-17-10-26(24-23(29)22(28)21(27)13(3)31-24)8-7-15(17)12(2)20-19(11)16-9-14(30-4)5-6-18(16)25-20;/h5-10,13,21-24,27-29H,1-4H3;1H. The molecule has 1 fully saturated rings. The Balaban J connectivity index is 0.00000245. The van der Waals surface area contributed by atoms with Crippen molar-refractivity contribution in [1.29, 1.82) is 0 Å². The van der Waals surface area contributed by atoms with E-state index in [1.54, 1.807) is 18.6 Å². The van der Waals surface area contributed by atoms with Crippen molar-refractivity contribution < 1.29 is 46.3 Å². The molecule has 8 heteroatoms. The zero-order chi connectivity index (χ0) is 22.0. The van der Waals surface area contributed by atoms with Gasteiger partial charge >= 0.3 is 0 Å². The van der Waals surface area contributed by atoms with Crippen LogP contribution in [0, 0.1) is 13.8 Å². The largest absolute Gasteiger partial charge is 1.00 e. The summed E-state index contributed by atoms with van der Waals surface area (Å²) in [5, 5.41) is 35.1. The van der Waals surface area contributed by atoms with Crippen molar-refractivity contribution in [1.82, 2.24) is 4.98 Å². The molecule has 170 valence electrons. The van der Waals surface area contributed by atoms with E-state index < -0.39 is 30.6 Å². The summed E-state index contributed by atoms with van der Waals surface area (Å²) in [4.78, 5) is 3.54. The van der Waals surface area contributed by atoms with Crippen LogP contribution in [-0.4, -0.2) is 51.8 Å². The van der Waals surface area contributed by atoms with Gasteiger partial charge < -0.3 is 46.8 Å². The second-order valence-corrected chi connectivity index (χ2v) is 8.46. The van der Waals surface area contributed by atoms with Gasteiger partial charge in [-0.3, -0.25) is 0 Å². The smallest absolute Gasteiger partial charge is 0.291 e. The third kappa shape index (κ3) is 3.29. The molecule has 0 radical (unpaired) electrons. The molecule has 32 heavy (non-hydrogen) atoms. The number of aryl methyl sites for hydroxylation is 2. The van der Waals surface area contributed by atoms with E-state index in [9.17, 15) is 15.3 Å². The number of ether oxygens (including phenoxy) is 2. The summed E-state index contributed by atoms with van der Waals surface area (Å²) < 4.78 is 13.0. The summed E-state index contributed by atoms with van der Waals surface area (Å²) in [6, 6.07) is 8.01. The fourth-order valence-corrected chi connectivity index (χ4v) is 4.81. The lowest BCUT2D eigenvalue weighted by atomic mass is 9.96. The summed E-state index contributed by atoms with van der Waals surface area (Å²) in [7, 11) is 1.66. The van der Waals surface area contributed by atoms with Crippen molar-refractivity contribution in [2.75, 3.05) is 7.11 Å². The van der Waals surface area contributed by atoms with E-state index in [2.05, 4.69) is 18.8 Å². The lowest BCUT2D eigenvalue weighted by Gasteiger charge is -2.36. The Hall–Kier alpha value is -2.23. The lowest BCUT2D eigenvalue weighted by Crippen LogP contribution is -3.00. The van der Waals surface area contributed by atoms with Crippen molar-refractivity contribution in [3.8, 4) is 5.75 Å². The number of nitrogens with zero attached hydrogens (tertiary/aromatic N) is 1. The van der Waals surface area contributed by atoms with Crippen LogP contribution >= 0.6 is 0 Å². The predicted molar refractivity (Wildman–Crippen MR) is 117 cm³/mol. The maximum atomic E-state index is 10.5. The summed E-state index contributed by atoms with van der Waals surface area (Å²) in [6.07, 6.45) is -1.25. The number of aromatic amines is 1. The number of aliphatic hydroxyl groups is 3. The molecule has 0 saturated carbocycles. The van der Waals surface area contributed by atoms with Crippen LogP contribution < -0.4 is 26.3 Å². The van der Waals surface area contributed by atoms with Crippen molar-refractivity contribution in [2.24, 2.45) is 0 Å². The number of fused-ring (bicyclic) bond motifs is 4. The van der Waals surface area contributed by atoms with Crippen LogP contribution in [0.1, 0.15) is 24.3 Å². The number of H-pyrrole nitrogens is 1. The normalized spacial score (nSPS) is 25.9. The van der Waals surface area contributed by atoms with E-state index in [4.69, 9.17) is 9.47 Å². The molecule has 1 aliphatic heterocycles. The van der Waals surface area contributed by atoms with E-state index in [0.717, 1.165) is 49.5 Å². The molecular formula is C24H27BrN2O5. The first kappa shape index (κ1) is 22.9. The van der Waals surface area contributed by atoms with Crippen LogP contribution in [0.15, 0.2) is 36.7 Å². The molecule has 1 aliphatic rings. The fourth-order valence-electron chi connectivity index (χ4n) is 4.81. The summed E-state index contributed by atoms with van der Waals surface area (Å²) in [6.45, 7) is 5.86. The van der Waals surface area contributed by atoms with Gasteiger partial charge in [-0.25, -0.2) is 0 Å². The molecule has 5 unspecified atom stereocenters. The highest BCUT2D eigenvalue weighted by molar-refractivity contribution is 6.16. The van der Waals surface area contributed by atoms with Crippen molar-refractivity contribution in [3.05, 3.63) is 47.8 Å². The highest BCUT2D eigenvalue weighted by Gasteiger charge is 2.46. The number of aromatic nitrogens is 2. The van der Waals surface area contributed by atoms with E-state index in [1.807, 2.05) is 36.7 Å². The number of rotatable bonds is 2. The van der Waals surface area contributed by atoms with Gasteiger partial charge in [-0.15, -0.1) is 0 Å². The Bertz CT molecular complexity index is 1320. The minimum Gasteiger partial charge on any atom is -1.00 e. The Morgan fingerprint density at radius 2 is 1.72 bits per heavy atom. The molecule has 3 heterocycles. The number of aliphatic hydroxyl groups excluding tert-OH is 3. The zero-order valence-corrected chi connectivity index (χ0v) is 19.9. The Morgan fingerprint density at radius 3 is 2.44 bits per heavy atom. The third-order valence-electron chi connectivity index (χ3n) is 6.67. The molecule has 0 bridgehead atoms. The van der Waals surface area contributed by atoms with Crippen LogP contribution in [0.2, 0.25) is 0 Å². The molecule has 1 saturated heterocycles. The Morgan fingerprint density at radius 1 is 0.969 bits per heavy atom. The first-order valence-electron chi connectivity index (χ1n) is 10.4. The average molecular weight is 503 g/mol. The maximum absolute atomic E-state index is 10.5. The van der Waals surface area contributed by atoms with E-state index >= 15 is 0 Å². The van der Waals surface area contributed by atoms with Crippen LogP contribution in [0.3, 0.4) is 0 Å². The molecule has 2 aromatic carbocycles. The zero-order valence-electron chi connectivity index (χ0n) is 18.3. The summed E-state index contributed by atoms with van der Waals surface area (Å²) >= 11 is 0. The lowest BCUT2D eigenvalue weighted by molar-refractivity contribution is -0.776. The van der Waals surface area contributed by atoms with Crippen molar-refractivity contribution in [2.45, 2.75) is 51.4 Å². The van der Waals surface area contributed by atoms with Gasteiger partial charge in [0, 0.05) is 27.7 Å². The second-order valence-electron chi connectivity index (χ2n) is 8.46. The highest BCUT2D eigenvalue weighted by atomic mass is 79.9. The number of halogens is 1. The van der Waals surface area contributed by atoms with Crippen molar-refractivity contribution in [3.63, 3.8) is 0 Å². The van der Waals surface area contributed by atoms with Gasteiger partial charge in [-0.1, -0.05) is 0 Å². The molecule has 0 aliphatic carbocycles. The fraction of sp³-hybridized carbons (Fsp3) is 0.375. The number of nitrogens with one attached hydrogen (secondary N) is 1. The van der Waals surface area contributed by atoms with Gasteiger partial charge in [0.25, 0.3) is 6.23 Å². The van der Waals surface area contributed by atoms with Gasteiger partial charge in [0.1, 0.15) is 18.0 Å². The molecule has 2 aromatic heterocycles. The molecule has 4 aromatic rings. The molecule has 0 spiro atoms. The molecule has 4 N–H and O–H groups in total. The molecule has 5 rings (SSSR count). The third-order valence-corrected chi connectivity index (χ3v) is 6.67. The van der Waals surface area contributed by atoms with E-state index in [-0.39, 0.29) is 17.0 Å². The van der Waals surface area contributed by atoms with Crippen LogP contribution in [0.5, 0.6) is 5.75 Å². The van der Waals surface area contributed by atoms with E-state index in [1.165, 1.54) is 0 Å². The van der Waals surface area contributed by atoms with Gasteiger partial charge in [0.2, 0.25) is 0 Å². The number of pyridine rings is 1. The number of methoxy groups -OCH3 is 1. The molecular weight excluding hydrogens is 476 g/mol.